The molecule has 2 rings (SSSR count). The molecule has 1 heterocycles. The minimum atomic E-state index is -0.511. The second kappa shape index (κ2) is 6.50. The van der Waals surface area contributed by atoms with Gasteiger partial charge in [-0.2, -0.15) is 0 Å². The van der Waals surface area contributed by atoms with Gasteiger partial charge in [0.15, 0.2) is 0 Å². The lowest BCUT2D eigenvalue weighted by atomic mass is 10.3. The minimum absolute atomic E-state index is 0.0706. The van der Waals surface area contributed by atoms with Gasteiger partial charge in [-0.05, 0) is 24.7 Å². The topological polar surface area (TPSA) is 34.1 Å². The Morgan fingerprint density at radius 1 is 1.32 bits per heavy atom. The van der Waals surface area contributed by atoms with Crippen LogP contribution in [-0.4, -0.2) is 11.5 Å². The van der Waals surface area contributed by atoms with Crippen LogP contribution in [0.15, 0.2) is 36.4 Å². The average molecular weight is 281 g/mol. The Hall–Kier alpha value is -1.65. The molecule has 0 aliphatic rings. The van der Waals surface area contributed by atoms with Crippen LogP contribution in [0.2, 0.25) is 5.02 Å². The molecule has 100 valence electrons. The van der Waals surface area contributed by atoms with Crippen LogP contribution in [0.3, 0.4) is 0 Å². The molecule has 1 aromatic heterocycles. The van der Waals surface area contributed by atoms with E-state index in [1.54, 1.807) is 12.1 Å². The Balaban J connectivity index is 2.11. The second-order valence-electron chi connectivity index (χ2n) is 3.93. The number of nitrogens with zero attached hydrogens (tertiary/aromatic N) is 1. The first-order chi connectivity index (χ1) is 9.19. The van der Waals surface area contributed by atoms with E-state index in [9.17, 15) is 4.39 Å². The Morgan fingerprint density at radius 3 is 2.89 bits per heavy atom. The van der Waals surface area contributed by atoms with Crippen molar-refractivity contribution in [3.63, 3.8) is 0 Å². The Kier molecular flexibility index (Phi) is 4.71. The lowest BCUT2D eigenvalue weighted by Gasteiger charge is -2.07. The van der Waals surface area contributed by atoms with E-state index < -0.39 is 5.82 Å². The number of rotatable bonds is 5. The van der Waals surface area contributed by atoms with Crippen molar-refractivity contribution in [1.29, 1.82) is 0 Å². The van der Waals surface area contributed by atoms with E-state index in [-0.39, 0.29) is 5.02 Å². The van der Waals surface area contributed by atoms with Gasteiger partial charge < -0.3 is 10.1 Å². The third-order valence-corrected chi connectivity index (χ3v) is 2.76. The standard InChI is InChI=1S/C14H14ClFN2O/c1-2-17-9-10-4-3-5-14(18-10)19-11-6-7-12(15)13(16)8-11/h3-8,17H,2,9H2,1H3. The first-order valence-electron chi connectivity index (χ1n) is 5.98. The summed E-state index contributed by atoms with van der Waals surface area (Å²) in [6, 6.07) is 9.76. The van der Waals surface area contributed by atoms with Gasteiger partial charge in [0.1, 0.15) is 11.6 Å². The Labute approximate surface area is 116 Å². The van der Waals surface area contributed by atoms with Crippen LogP contribution in [-0.2, 0) is 6.54 Å². The Bertz CT molecular complexity index is 563. The summed E-state index contributed by atoms with van der Waals surface area (Å²) in [4.78, 5) is 4.32. The van der Waals surface area contributed by atoms with Crippen molar-refractivity contribution in [2.75, 3.05) is 6.54 Å². The van der Waals surface area contributed by atoms with Crippen LogP contribution in [0.4, 0.5) is 4.39 Å². The molecule has 3 nitrogen and oxygen atoms in total. The van der Waals surface area contributed by atoms with Gasteiger partial charge in [-0.3, -0.25) is 0 Å². The summed E-state index contributed by atoms with van der Waals surface area (Å²) in [5.41, 5.74) is 0.869. The van der Waals surface area contributed by atoms with Gasteiger partial charge in [0.05, 0.1) is 10.7 Å². The molecule has 2 aromatic rings. The highest BCUT2D eigenvalue weighted by Gasteiger charge is 2.04. The molecule has 0 radical (unpaired) electrons. The highest BCUT2D eigenvalue weighted by molar-refractivity contribution is 6.30. The van der Waals surface area contributed by atoms with Gasteiger partial charge in [0, 0.05) is 18.7 Å². The number of benzene rings is 1. The van der Waals surface area contributed by atoms with E-state index in [4.69, 9.17) is 16.3 Å². The van der Waals surface area contributed by atoms with Crippen LogP contribution in [0, 0.1) is 5.82 Å². The fraction of sp³-hybridized carbons (Fsp3) is 0.214. The SMILES string of the molecule is CCNCc1cccc(Oc2ccc(Cl)c(F)c2)n1. The molecule has 0 spiro atoms. The number of hydrogen-bond donors (Lipinski definition) is 1. The maximum absolute atomic E-state index is 13.3. The fourth-order valence-corrected chi connectivity index (χ4v) is 1.64. The summed E-state index contributed by atoms with van der Waals surface area (Å²) in [6.45, 7) is 3.56. The highest BCUT2D eigenvalue weighted by Crippen LogP contribution is 2.24. The largest absolute Gasteiger partial charge is 0.439 e. The van der Waals surface area contributed by atoms with Crippen molar-refractivity contribution in [2.24, 2.45) is 0 Å². The van der Waals surface area contributed by atoms with Crippen LogP contribution in [0.5, 0.6) is 11.6 Å². The van der Waals surface area contributed by atoms with Gasteiger partial charge in [-0.15, -0.1) is 0 Å². The number of hydrogen-bond acceptors (Lipinski definition) is 3. The predicted molar refractivity (Wildman–Crippen MR) is 73.1 cm³/mol. The van der Waals surface area contributed by atoms with Crippen molar-refractivity contribution >= 4 is 11.6 Å². The van der Waals surface area contributed by atoms with Crippen molar-refractivity contribution in [1.82, 2.24) is 10.3 Å². The van der Waals surface area contributed by atoms with E-state index in [1.807, 2.05) is 19.1 Å². The number of aromatic nitrogens is 1. The Morgan fingerprint density at radius 2 is 2.16 bits per heavy atom. The van der Waals surface area contributed by atoms with Crippen LogP contribution in [0.1, 0.15) is 12.6 Å². The molecular weight excluding hydrogens is 267 g/mol. The molecule has 0 saturated carbocycles. The van der Waals surface area contributed by atoms with Crippen molar-refractivity contribution < 1.29 is 9.13 Å². The molecule has 0 aliphatic heterocycles. The molecule has 0 fully saturated rings. The predicted octanol–water partition coefficient (Wildman–Crippen LogP) is 3.78. The molecule has 0 saturated heterocycles. The van der Waals surface area contributed by atoms with E-state index >= 15 is 0 Å². The van der Waals surface area contributed by atoms with E-state index in [0.29, 0.717) is 18.2 Å². The third-order valence-electron chi connectivity index (χ3n) is 2.45. The highest BCUT2D eigenvalue weighted by atomic mass is 35.5. The summed E-state index contributed by atoms with van der Waals surface area (Å²) in [5, 5.41) is 3.25. The van der Waals surface area contributed by atoms with Crippen LogP contribution < -0.4 is 10.1 Å². The first kappa shape index (κ1) is 13.8. The maximum atomic E-state index is 13.3. The van der Waals surface area contributed by atoms with E-state index in [1.165, 1.54) is 12.1 Å². The molecule has 19 heavy (non-hydrogen) atoms. The minimum Gasteiger partial charge on any atom is -0.439 e. The van der Waals surface area contributed by atoms with Gasteiger partial charge in [0.25, 0.3) is 0 Å². The summed E-state index contributed by atoms with van der Waals surface area (Å²) >= 11 is 5.61. The quantitative estimate of drug-likeness (QED) is 0.905. The molecule has 1 aromatic carbocycles. The number of ether oxygens (including phenoxy) is 1. The molecule has 0 aliphatic carbocycles. The average Bonchev–Trinajstić information content (AvgIpc) is 2.41. The summed E-state index contributed by atoms with van der Waals surface area (Å²) in [5.74, 6) is 0.287. The normalized spacial score (nSPS) is 10.5. The number of halogens is 2. The zero-order valence-corrected chi connectivity index (χ0v) is 11.2. The fourth-order valence-electron chi connectivity index (χ4n) is 1.53. The van der Waals surface area contributed by atoms with E-state index in [2.05, 4.69) is 10.3 Å². The molecule has 5 heteroatoms. The summed E-state index contributed by atoms with van der Waals surface area (Å²) in [7, 11) is 0. The van der Waals surface area contributed by atoms with Gasteiger partial charge in [0.2, 0.25) is 5.88 Å². The van der Waals surface area contributed by atoms with Crippen molar-refractivity contribution in [2.45, 2.75) is 13.5 Å². The zero-order valence-electron chi connectivity index (χ0n) is 10.5. The monoisotopic (exact) mass is 280 g/mol. The zero-order chi connectivity index (χ0) is 13.7. The lowest BCUT2D eigenvalue weighted by Crippen LogP contribution is -2.12. The van der Waals surface area contributed by atoms with Gasteiger partial charge in [-0.25, -0.2) is 9.37 Å². The summed E-state index contributed by atoms with van der Waals surface area (Å²) in [6.07, 6.45) is 0. The molecular formula is C14H14ClFN2O. The molecule has 0 amide bonds. The number of nitrogens with one attached hydrogen (secondary N) is 1. The third kappa shape index (κ3) is 3.91. The van der Waals surface area contributed by atoms with Crippen LogP contribution >= 0.6 is 11.6 Å². The van der Waals surface area contributed by atoms with E-state index in [0.717, 1.165) is 12.2 Å². The first-order valence-corrected chi connectivity index (χ1v) is 6.36. The lowest BCUT2D eigenvalue weighted by molar-refractivity contribution is 0.455. The molecule has 0 atom stereocenters. The summed E-state index contributed by atoms with van der Waals surface area (Å²) < 4.78 is 18.8. The van der Waals surface area contributed by atoms with Gasteiger partial charge in [-0.1, -0.05) is 24.6 Å². The van der Waals surface area contributed by atoms with Crippen LogP contribution in [0.25, 0.3) is 0 Å². The number of pyridine rings is 1. The van der Waals surface area contributed by atoms with Crippen molar-refractivity contribution in [3.8, 4) is 11.6 Å². The maximum Gasteiger partial charge on any atom is 0.219 e. The second-order valence-corrected chi connectivity index (χ2v) is 4.33. The van der Waals surface area contributed by atoms with Crippen molar-refractivity contribution in [3.05, 3.63) is 52.9 Å². The molecule has 0 unspecified atom stereocenters. The van der Waals surface area contributed by atoms with Gasteiger partial charge >= 0.3 is 0 Å². The smallest absolute Gasteiger partial charge is 0.219 e. The molecule has 1 N–H and O–H groups in total. The molecule has 0 bridgehead atoms.